The first kappa shape index (κ1) is 23.2. The lowest BCUT2D eigenvalue weighted by Gasteiger charge is -2.15. The molecule has 2 aromatic heterocycles. The number of hydrogen-bond donors (Lipinski definition) is 1. The lowest BCUT2D eigenvalue weighted by atomic mass is 10.1. The summed E-state index contributed by atoms with van der Waals surface area (Å²) < 4.78 is 34.1. The molecule has 0 spiro atoms. The Bertz CT molecular complexity index is 1710. The molecule has 5 rings (SSSR count). The van der Waals surface area contributed by atoms with Gasteiger partial charge < -0.3 is 14.1 Å². The summed E-state index contributed by atoms with van der Waals surface area (Å²) in [4.78, 5) is 27.5. The Kier molecular flexibility index (Phi) is 6.12. The van der Waals surface area contributed by atoms with Gasteiger partial charge >= 0.3 is 5.63 Å². The van der Waals surface area contributed by atoms with Crippen LogP contribution in [0.2, 0.25) is 0 Å². The minimum Gasteiger partial charge on any atom is -0.505 e. The molecule has 0 atom stereocenters. The van der Waals surface area contributed by atoms with Crippen molar-refractivity contribution < 1.29 is 18.3 Å². The monoisotopic (exact) mass is 509 g/mol. The van der Waals surface area contributed by atoms with Crippen molar-refractivity contribution in [3.05, 3.63) is 105 Å². The van der Waals surface area contributed by atoms with Gasteiger partial charge in [0.05, 0.1) is 12.1 Å². The van der Waals surface area contributed by atoms with Crippen LogP contribution in [0.4, 0.5) is 8.78 Å². The largest absolute Gasteiger partial charge is 0.505 e. The van der Waals surface area contributed by atoms with E-state index in [1.54, 1.807) is 30.3 Å². The third-order valence-electron chi connectivity index (χ3n) is 5.53. The van der Waals surface area contributed by atoms with Gasteiger partial charge in [0.15, 0.2) is 11.3 Å². The highest BCUT2D eigenvalue weighted by molar-refractivity contribution is 7.99. The summed E-state index contributed by atoms with van der Waals surface area (Å²) in [6.45, 7) is 0.106. The molecule has 5 nitrogen and oxygen atoms in total. The average molecular weight is 510 g/mol. The molecule has 35 heavy (non-hydrogen) atoms. The number of fused-ring (bicyclic) bond motifs is 3. The molecule has 2 heterocycles. The maximum absolute atomic E-state index is 13.7. The SMILES string of the molecule is CSc1ccc2c(c1)c1oc(=O)c(Sc3cccc(F)c3)c(O)c1c(=O)n2Cc1ccc(F)cc1. The molecule has 0 saturated carbocycles. The molecule has 1 N–H and O–H groups in total. The van der Waals surface area contributed by atoms with Crippen molar-refractivity contribution in [2.45, 2.75) is 21.2 Å². The number of aromatic hydroxyl groups is 1. The highest BCUT2D eigenvalue weighted by Gasteiger charge is 2.23. The van der Waals surface area contributed by atoms with Gasteiger partial charge in [-0.3, -0.25) is 4.79 Å². The average Bonchev–Trinajstić information content (AvgIpc) is 2.85. The Hall–Kier alpha value is -3.56. The van der Waals surface area contributed by atoms with Crippen molar-refractivity contribution in [3.8, 4) is 5.75 Å². The van der Waals surface area contributed by atoms with E-state index in [2.05, 4.69) is 0 Å². The summed E-state index contributed by atoms with van der Waals surface area (Å²) in [5.41, 5.74) is -0.263. The van der Waals surface area contributed by atoms with Gasteiger partial charge in [0.1, 0.15) is 21.9 Å². The van der Waals surface area contributed by atoms with Crippen molar-refractivity contribution in [2.24, 2.45) is 0 Å². The summed E-state index contributed by atoms with van der Waals surface area (Å²) in [5, 5.41) is 11.4. The molecule has 0 fully saturated rings. The van der Waals surface area contributed by atoms with Gasteiger partial charge in [-0.1, -0.05) is 30.0 Å². The fourth-order valence-electron chi connectivity index (χ4n) is 3.87. The minimum absolute atomic E-state index is 0.0256. The molecule has 0 amide bonds. The van der Waals surface area contributed by atoms with Crippen molar-refractivity contribution in [2.75, 3.05) is 6.26 Å². The van der Waals surface area contributed by atoms with E-state index in [1.807, 2.05) is 12.3 Å². The summed E-state index contributed by atoms with van der Waals surface area (Å²) in [7, 11) is 0. The number of nitrogens with zero attached hydrogens (tertiary/aromatic N) is 1. The van der Waals surface area contributed by atoms with E-state index in [-0.39, 0.29) is 22.4 Å². The Morgan fingerprint density at radius 3 is 2.43 bits per heavy atom. The Morgan fingerprint density at radius 2 is 1.71 bits per heavy atom. The second-order valence-electron chi connectivity index (χ2n) is 7.73. The smallest absolute Gasteiger partial charge is 0.354 e. The Balaban J connectivity index is 1.80. The number of pyridine rings is 1. The zero-order valence-electron chi connectivity index (χ0n) is 18.2. The maximum Gasteiger partial charge on any atom is 0.354 e. The van der Waals surface area contributed by atoms with E-state index >= 15 is 0 Å². The van der Waals surface area contributed by atoms with Gasteiger partial charge in [-0.25, -0.2) is 13.6 Å². The van der Waals surface area contributed by atoms with E-state index in [9.17, 15) is 23.5 Å². The van der Waals surface area contributed by atoms with Crippen LogP contribution in [0.25, 0.3) is 21.9 Å². The first-order valence-electron chi connectivity index (χ1n) is 10.4. The zero-order valence-corrected chi connectivity index (χ0v) is 19.9. The molecule has 5 aromatic rings. The van der Waals surface area contributed by atoms with E-state index in [1.165, 1.54) is 46.7 Å². The molecule has 176 valence electrons. The van der Waals surface area contributed by atoms with Crippen LogP contribution >= 0.6 is 23.5 Å². The van der Waals surface area contributed by atoms with Crippen LogP contribution in [0.5, 0.6) is 5.75 Å². The van der Waals surface area contributed by atoms with Crippen molar-refractivity contribution in [1.82, 2.24) is 4.57 Å². The predicted octanol–water partition coefficient (Wildman–Crippen LogP) is 6.01. The molecular formula is C26H17F2NO4S2. The molecule has 0 aliphatic heterocycles. The van der Waals surface area contributed by atoms with Crippen LogP contribution < -0.4 is 11.2 Å². The van der Waals surface area contributed by atoms with Crippen molar-refractivity contribution in [3.63, 3.8) is 0 Å². The van der Waals surface area contributed by atoms with Crippen LogP contribution in [-0.4, -0.2) is 15.9 Å². The molecule has 0 aliphatic rings. The number of benzene rings is 3. The molecule has 3 aromatic carbocycles. The normalized spacial score (nSPS) is 11.4. The maximum atomic E-state index is 13.7. The van der Waals surface area contributed by atoms with Crippen molar-refractivity contribution in [1.29, 1.82) is 0 Å². The van der Waals surface area contributed by atoms with E-state index in [0.717, 1.165) is 16.7 Å². The summed E-state index contributed by atoms with van der Waals surface area (Å²) in [5.74, 6) is -1.43. The fourth-order valence-corrected chi connectivity index (χ4v) is 5.18. The third kappa shape index (κ3) is 4.33. The Morgan fingerprint density at radius 1 is 0.943 bits per heavy atom. The molecule has 0 radical (unpaired) electrons. The number of halogens is 2. The number of aromatic nitrogens is 1. The minimum atomic E-state index is -0.837. The lowest BCUT2D eigenvalue weighted by Crippen LogP contribution is -2.23. The highest BCUT2D eigenvalue weighted by atomic mass is 32.2. The van der Waals surface area contributed by atoms with Crippen LogP contribution in [0.1, 0.15) is 5.56 Å². The molecular weight excluding hydrogens is 492 g/mol. The van der Waals surface area contributed by atoms with E-state index < -0.39 is 28.6 Å². The molecule has 9 heteroatoms. The summed E-state index contributed by atoms with van der Waals surface area (Å²) >= 11 is 2.28. The molecule has 0 aliphatic carbocycles. The second kappa shape index (κ2) is 9.24. The first-order chi connectivity index (χ1) is 16.9. The van der Waals surface area contributed by atoms with Crippen molar-refractivity contribution >= 4 is 45.4 Å². The molecule has 0 saturated heterocycles. The predicted molar refractivity (Wildman–Crippen MR) is 134 cm³/mol. The topological polar surface area (TPSA) is 72.4 Å². The number of hydrogen-bond acceptors (Lipinski definition) is 6. The Labute approximate surface area is 206 Å². The van der Waals surface area contributed by atoms with Crippen LogP contribution in [0.15, 0.2) is 95.4 Å². The second-order valence-corrected chi connectivity index (χ2v) is 9.70. The zero-order chi connectivity index (χ0) is 24.7. The van der Waals surface area contributed by atoms with Crippen LogP contribution in [-0.2, 0) is 6.54 Å². The van der Waals surface area contributed by atoms with Gasteiger partial charge in [-0.15, -0.1) is 11.8 Å². The molecule has 0 unspecified atom stereocenters. The number of rotatable bonds is 5. The van der Waals surface area contributed by atoms with Gasteiger partial charge in [0, 0.05) is 15.2 Å². The lowest BCUT2D eigenvalue weighted by molar-refractivity contribution is 0.446. The fraction of sp³-hybridized carbons (Fsp3) is 0.0769. The quantitative estimate of drug-likeness (QED) is 0.231. The van der Waals surface area contributed by atoms with Gasteiger partial charge in [0.25, 0.3) is 5.56 Å². The van der Waals surface area contributed by atoms with Crippen LogP contribution in [0.3, 0.4) is 0 Å². The van der Waals surface area contributed by atoms with E-state index in [4.69, 9.17) is 4.42 Å². The molecule has 0 bridgehead atoms. The highest BCUT2D eigenvalue weighted by Crippen LogP contribution is 2.38. The standard InChI is InChI=1S/C26H17F2NO4S2/c1-34-17-9-10-20-19(12-17)23-21(25(31)29(20)13-14-5-7-15(27)8-6-14)22(30)24(26(32)33-23)35-18-4-2-3-16(28)11-18/h2-12,30H,13H2,1H3. The van der Waals surface area contributed by atoms with Crippen LogP contribution in [0, 0.1) is 11.6 Å². The van der Waals surface area contributed by atoms with Gasteiger partial charge in [-0.2, -0.15) is 0 Å². The van der Waals surface area contributed by atoms with Gasteiger partial charge in [0.2, 0.25) is 0 Å². The number of thioether (sulfide) groups is 1. The third-order valence-corrected chi connectivity index (χ3v) is 7.31. The van der Waals surface area contributed by atoms with Gasteiger partial charge in [-0.05, 0) is 60.4 Å². The first-order valence-corrected chi connectivity index (χ1v) is 12.5. The summed E-state index contributed by atoms with van der Waals surface area (Å²) in [6.07, 6.45) is 1.89. The summed E-state index contributed by atoms with van der Waals surface area (Å²) in [6, 6.07) is 16.7. The van der Waals surface area contributed by atoms with E-state index in [0.29, 0.717) is 21.4 Å².